The fourth-order valence-electron chi connectivity index (χ4n) is 1.39. The molecular weight excluding hydrogens is 160 g/mol. The molecule has 1 aliphatic heterocycles. The Morgan fingerprint density at radius 1 is 1.75 bits per heavy atom. The zero-order valence-corrected chi connectivity index (χ0v) is 7.06. The first-order chi connectivity index (χ1) is 5.58. The molecule has 0 aromatic rings. The van der Waals surface area contributed by atoms with Crippen molar-refractivity contribution in [2.24, 2.45) is 0 Å². The molecule has 0 spiro atoms. The minimum atomic E-state index is -0.602. The maximum absolute atomic E-state index is 10.8. The van der Waals surface area contributed by atoms with Crippen LogP contribution < -0.4 is 0 Å². The summed E-state index contributed by atoms with van der Waals surface area (Å²) in [6.07, 6.45) is -0.486. The fourth-order valence-corrected chi connectivity index (χ4v) is 1.39. The van der Waals surface area contributed by atoms with Crippen molar-refractivity contribution in [1.82, 2.24) is 0 Å². The number of carbonyl (C=O) groups is 1. The predicted molar refractivity (Wildman–Crippen MR) is 41.4 cm³/mol. The SMILES string of the molecule is CC(O)CC1CC(O)CC(=O)O1. The molecule has 0 saturated carbocycles. The normalized spacial score (nSPS) is 32.8. The minimum absolute atomic E-state index is 0.0797. The quantitative estimate of drug-likeness (QED) is 0.570. The van der Waals surface area contributed by atoms with Crippen LogP contribution >= 0.6 is 0 Å². The first-order valence-electron chi connectivity index (χ1n) is 4.13. The van der Waals surface area contributed by atoms with Gasteiger partial charge in [0, 0.05) is 12.8 Å². The van der Waals surface area contributed by atoms with Crippen LogP contribution in [0.25, 0.3) is 0 Å². The van der Waals surface area contributed by atoms with E-state index in [1.54, 1.807) is 6.92 Å². The van der Waals surface area contributed by atoms with E-state index in [9.17, 15) is 9.90 Å². The van der Waals surface area contributed by atoms with E-state index in [1.165, 1.54) is 0 Å². The third-order valence-corrected chi connectivity index (χ3v) is 1.84. The van der Waals surface area contributed by atoms with Gasteiger partial charge in [0.05, 0.1) is 18.6 Å². The highest BCUT2D eigenvalue weighted by molar-refractivity contribution is 5.70. The molecule has 0 aromatic heterocycles. The van der Waals surface area contributed by atoms with E-state index >= 15 is 0 Å². The number of rotatable bonds is 2. The highest BCUT2D eigenvalue weighted by Crippen LogP contribution is 2.18. The lowest BCUT2D eigenvalue weighted by atomic mass is 10.0. The molecule has 0 amide bonds. The van der Waals surface area contributed by atoms with E-state index < -0.39 is 12.2 Å². The van der Waals surface area contributed by atoms with Crippen LogP contribution in [-0.2, 0) is 9.53 Å². The Labute approximate surface area is 71.2 Å². The van der Waals surface area contributed by atoms with Crippen LogP contribution in [0.5, 0.6) is 0 Å². The highest BCUT2D eigenvalue weighted by Gasteiger charge is 2.27. The third kappa shape index (κ3) is 2.79. The number of aliphatic hydroxyl groups excluding tert-OH is 2. The molecule has 0 aromatic carbocycles. The largest absolute Gasteiger partial charge is 0.462 e. The average Bonchev–Trinajstić information content (AvgIpc) is 1.81. The molecule has 70 valence electrons. The maximum Gasteiger partial charge on any atom is 0.308 e. The molecule has 0 bridgehead atoms. The number of ether oxygens (including phenoxy) is 1. The van der Waals surface area contributed by atoms with Gasteiger partial charge in [0.1, 0.15) is 6.10 Å². The number of hydrogen-bond donors (Lipinski definition) is 2. The van der Waals surface area contributed by atoms with Crippen molar-refractivity contribution in [3.8, 4) is 0 Å². The number of esters is 1. The predicted octanol–water partition coefficient (Wildman–Crippen LogP) is -0.176. The molecule has 4 heteroatoms. The summed E-state index contributed by atoms with van der Waals surface area (Å²) in [7, 11) is 0. The Morgan fingerprint density at radius 2 is 2.42 bits per heavy atom. The molecule has 4 nitrogen and oxygen atoms in total. The maximum atomic E-state index is 10.8. The molecule has 1 fully saturated rings. The van der Waals surface area contributed by atoms with Gasteiger partial charge in [-0.05, 0) is 6.92 Å². The van der Waals surface area contributed by atoms with E-state index in [2.05, 4.69) is 0 Å². The topological polar surface area (TPSA) is 66.8 Å². The van der Waals surface area contributed by atoms with Crippen LogP contribution in [0.1, 0.15) is 26.2 Å². The standard InChI is InChI=1S/C8H14O4/c1-5(9)2-7-3-6(10)4-8(11)12-7/h5-7,9-10H,2-4H2,1H3. The monoisotopic (exact) mass is 174 g/mol. The van der Waals surface area contributed by atoms with Crippen molar-refractivity contribution >= 4 is 5.97 Å². The Hall–Kier alpha value is -0.610. The van der Waals surface area contributed by atoms with Gasteiger partial charge in [-0.3, -0.25) is 4.79 Å². The van der Waals surface area contributed by atoms with Crippen molar-refractivity contribution < 1.29 is 19.7 Å². The molecule has 1 aliphatic rings. The average molecular weight is 174 g/mol. The zero-order valence-electron chi connectivity index (χ0n) is 7.06. The Kier molecular flexibility index (Phi) is 3.05. The van der Waals surface area contributed by atoms with Gasteiger partial charge in [0.25, 0.3) is 0 Å². The van der Waals surface area contributed by atoms with Gasteiger partial charge < -0.3 is 14.9 Å². The van der Waals surface area contributed by atoms with E-state index in [-0.39, 0.29) is 18.5 Å². The minimum Gasteiger partial charge on any atom is -0.462 e. The molecule has 12 heavy (non-hydrogen) atoms. The van der Waals surface area contributed by atoms with Gasteiger partial charge in [-0.1, -0.05) is 0 Å². The number of carbonyl (C=O) groups excluding carboxylic acids is 1. The molecular formula is C8H14O4. The summed E-state index contributed by atoms with van der Waals surface area (Å²) in [5, 5.41) is 18.2. The summed E-state index contributed by atoms with van der Waals surface area (Å²) in [5.74, 6) is -0.376. The third-order valence-electron chi connectivity index (χ3n) is 1.84. The molecule has 3 atom stereocenters. The Bertz CT molecular complexity index is 164. The molecule has 2 N–H and O–H groups in total. The smallest absolute Gasteiger partial charge is 0.308 e. The Morgan fingerprint density at radius 3 is 2.92 bits per heavy atom. The summed E-state index contributed by atoms with van der Waals surface area (Å²) in [6, 6.07) is 0. The fraction of sp³-hybridized carbons (Fsp3) is 0.875. The Balaban J connectivity index is 2.39. The van der Waals surface area contributed by atoms with Crippen molar-refractivity contribution in [1.29, 1.82) is 0 Å². The van der Waals surface area contributed by atoms with Crippen LogP contribution in [0.4, 0.5) is 0 Å². The van der Waals surface area contributed by atoms with Gasteiger partial charge in [-0.25, -0.2) is 0 Å². The summed E-state index contributed by atoms with van der Waals surface area (Å²) >= 11 is 0. The summed E-state index contributed by atoms with van der Waals surface area (Å²) in [4.78, 5) is 10.8. The number of aliphatic hydroxyl groups is 2. The lowest BCUT2D eigenvalue weighted by Gasteiger charge is -2.26. The van der Waals surface area contributed by atoms with Gasteiger partial charge >= 0.3 is 5.97 Å². The van der Waals surface area contributed by atoms with E-state index in [0.717, 1.165) is 0 Å². The number of hydrogen-bond acceptors (Lipinski definition) is 4. The van der Waals surface area contributed by atoms with Gasteiger partial charge in [0.2, 0.25) is 0 Å². The van der Waals surface area contributed by atoms with Crippen molar-refractivity contribution in [2.45, 2.75) is 44.5 Å². The second kappa shape index (κ2) is 3.87. The molecule has 1 rings (SSSR count). The van der Waals surface area contributed by atoms with Crippen LogP contribution in [0.3, 0.4) is 0 Å². The van der Waals surface area contributed by atoms with Gasteiger partial charge in [0.15, 0.2) is 0 Å². The zero-order chi connectivity index (χ0) is 9.14. The second-order valence-corrected chi connectivity index (χ2v) is 3.29. The van der Waals surface area contributed by atoms with Crippen LogP contribution in [0.2, 0.25) is 0 Å². The lowest BCUT2D eigenvalue weighted by Crippen LogP contribution is -2.34. The van der Waals surface area contributed by atoms with Crippen LogP contribution in [-0.4, -0.2) is 34.5 Å². The first kappa shape index (κ1) is 9.48. The highest BCUT2D eigenvalue weighted by atomic mass is 16.5. The van der Waals surface area contributed by atoms with E-state index in [4.69, 9.17) is 9.84 Å². The molecule has 0 radical (unpaired) electrons. The summed E-state index contributed by atoms with van der Waals surface area (Å²) < 4.78 is 4.91. The van der Waals surface area contributed by atoms with Crippen molar-refractivity contribution in [2.75, 3.05) is 0 Å². The van der Waals surface area contributed by atoms with Gasteiger partial charge in [-0.2, -0.15) is 0 Å². The van der Waals surface area contributed by atoms with Crippen LogP contribution in [0.15, 0.2) is 0 Å². The van der Waals surface area contributed by atoms with E-state index in [0.29, 0.717) is 12.8 Å². The van der Waals surface area contributed by atoms with Crippen molar-refractivity contribution in [3.05, 3.63) is 0 Å². The van der Waals surface area contributed by atoms with Gasteiger partial charge in [-0.15, -0.1) is 0 Å². The first-order valence-corrected chi connectivity index (χ1v) is 4.13. The summed E-state index contributed by atoms with van der Waals surface area (Å²) in [5.41, 5.74) is 0. The molecule has 0 aliphatic carbocycles. The summed E-state index contributed by atoms with van der Waals surface area (Å²) in [6.45, 7) is 1.63. The van der Waals surface area contributed by atoms with E-state index in [1.807, 2.05) is 0 Å². The number of cyclic esters (lactones) is 1. The van der Waals surface area contributed by atoms with Crippen molar-refractivity contribution in [3.63, 3.8) is 0 Å². The molecule has 3 unspecified atom stereocenters. The lowest BCUT2D eigenvalue weighted by molar-refractivity contribution is -0.161. The molecule has 1 heterocycles. The second-order valence-electron chi connectivity index (χ2n) is 3.29. The molecule has 1 saturated heterocycles. The van der Waals surface area contributed by atoms with Crippen LogP contribution in [0, 0.1) is 0 Å².